The first kappa shape index (κ1) is 26.1. The van der Waals surface area contributed by atoms with E-state index in [1.807, 2.05) is 0 Å². The van der Waals surface area contributed by atoms with Crippen LogP contribution in [-0.2, 0) is 6.54 Å². The number of aromatic amines is 1. The molecule has 1 saturated heterocycles. The summed E-state index contributed by atoms with van der Waals surface area (Å²) in [6, 6.07) is 15.6. The highest BCUT2D eigenvalue weighted by Crippen LogP contribution is 2.35. The Kier molecular flexibility index (Phi) is 9.06. The lowest BCUT2D eigenvalue weighted by atomic mass is 9.88. The molecule has 2 fully saturated rings. The van der Waals surface area contributed by atoms with E-state index in [2.05, 4.69) is 82.9 Å². The first-order valence-corrected chi connectivity index (χ1v) is 14.6. The number of fused-ring (bicyclic) bond motifs is 1. The molecule has 2 aromatic carbocycles. The maximum absolute atomic E-state index is 5.90. The van der Waals surface area contributed by atoms with Crippen molar-refractivity contribution in [2.75, 3.05) is 52.2 Å². The monoisotopic (exact) mass is 502 g/mol. The number of piperidine rings is 1. The normalized spacial score (nSPS) is 18.0. The van der Waals surface area contributed by atoms with Gasteiger partial charge in [-0.25, -0.2) is 0 Å². The average Bonchev–Trinajstić information content (AvgIpc) is 3.35. The zero-order chi connectivity index (χ0) is 25.5. The summed E-state index contributed by atoms with van der Waals surface area (Å²) in [5.41, 5.74) is 5.43. The van der Waals surface area contributed by atoms with Gasteiger partial charge in [-0.15, -0.1) is 0 Å². The smallest absolute Gasteiger partial charge is 0.119 e. The van der Waals surface area contributed by atoms with Gasteiger partial charge in [0.25, 0.3) is 0 Å². The summed E-state index contributed by atoms with van der Waals surface area (Å²) in [5.74, 6) is 2.46. The third-order valence-electron chi connectivity index (χ3n) is 8.41. The summed E-state index contributed by atoms with van der Waals surface area (Å²) in [5, 5.41) is 5.16. The molecule has 2 N–H and O–H groups in total. The van der Waals surface area contributed by atoms with Crippen LogP contribution in [0.5, 0.6) is 5.75 Å². The van der Waals surface area contributed by atoms with Crippen LogP contribution in [-0.4, -0.2) is 61.7 Å². The van der Waals surface area contributed by atoms with Crippen molar-refractivity contribution < 1.29 is 4.74 Å². The summed E-state index contributed by atoms with van der Waals surface area (Å²) in [6.07, 6.45) is 12.8. The van der Waals surface area contributed by atoms with Gasteiger partial charge in [0.2, 0.25) is 0 Å². The van der Waals surface area contributed by atoms with E-state index in [-0.39, 0.29) is 0 Å². The second-order valence-electron chi connectivity index (χ2n) is 11.6. The Bertz CT molecular complexity index is 1090. The molecule has 0 amide bonds. The van der Waals surface area contributed by atoms with E-state index in [9.17, 15) is 0 Å². The molecule has 5 nitrogen and oxygen atoms in total. The number of benzene rings is 2. The number of H-pyrrole nitrogens is 1. The number of anilines is 1. The van der Waals surface area contributed by atoms with Gasteiger partial charge in [-0.3, -0.25) is 4.90 Å². The number of nitrogens with zero attached hydrogens (tertiary/aromatic N) is 2. The van der Waals surface area contributed by atoms with Crippen molar-refractivity contribution in [1.82, 2.24) is 14.8 Å². The Hall–Kier alpha value is -2.50. The fourth-order valence-corrected chi connectivity index (χ4v) is 6.17. The number of likely N-dealkylation sites (tertiary alicyclic amines) is 1. The third-order valence-corrected chi connectivity index (χ3v) is 8.41. The SMILES string of the molecule is CN(C)CCCOc1ccc(CN2CCC(c3c[nH]c4ccc(NCC5CCCCC5)cc34)CC2)cc1. The van der Waals surface area contributed by atoms with E-state index < -0.39 is 0 Å². The number of ether oxygens (including phenoxy) is 1. The lowest BCUT2D eigenvalue weighted by Gasteiger charge is -2.32. The quantitative estimate of drug-likeness (QED) is 0.281. The molecule has 1 aliphatic heterocycles. The Morgan fingerprint density at radius 1 is 0.973 bits per heavy atom. The molecule has 37 heavy (non-hydrogen) atoms. The Labute approximate surface area is 223 Å². The zero-order valence-corrected chi connectivity index (χ0v) is 23.0. The highest BCUT2D eigenvalue weighted by atomic mass is 16.5. The molecule has 0 radical (unpaired) electrons. The summed E-state index contributed by atoms with van der Waals surface area (Å²) < 4.78 is 5.90. The van der Waals surface area contributed by atoms with Gasteiger partial charge in [-0.2, -0.15) is 0 Å². The van der Waals surface area contributed by atoms with Crippen molar-refractivity contribution in [2.24, 2.45) is 5.92 Å². The molecule has 0 bridgehead atoms. The van der Waals surface area contributed by atoms with Gasteiger partial charge in [-0.05, 0) is 113 Å². The molecule has 0 atom stereocenters. The molecule has 0 spiro atoms. The molecule has 3 aromatic rings. The number of rotatable bonds is 11. The van der Waals surface area contributed by atoms with Crippen molar-refractivity contribution in [1.29, 1.82) is 0 Å². The van der Waals surface area contributed by atoms with Crippen molar-refractivity contribution >= 4 is 16.6 Å². The maximum atomic E-state index is 5.90. The number of hydrogen-bond donors (Lipinski definition) is 2. The van der Waals surface area contributed by atoms with Crippen molar-refractivity contribution in [2.45, 2.75) is 63.8 Å². The summed E-state index contributed by atoms with van der Waals surface area (Å²) in [4.78, 5) is 8.34. The Morgan fingerprint density at radius 2 is 1.76 bits per heavy atom. The van der Waals surface area contributed by atoms with Gasteiger partial charge in [0.05, 0.1) is 6.61 Å². The van der Waals surface area contributed by atoms with Crippen LogP contribution in [0.2, 0.25) is 0 Å². The third kappa shape index (κ3) is 7.30. The Morgan fingerprint density at radius 3 is 2.51 bits per heavy atom. The van der Waals surface area contributed by atoms with Gasteiger partial charge in [0.1, 0.15) is 5.75 Å². The minimum absolute atomic E-state index is 0.636. The molecular weight excluding hydrogens is 456 g/mol. The fourth-order valence-electron chi connectivity index (χ4n) is 6.17. The van der Waals surface area contributed by atoms with Crippen LogP contribution in [0.3, 0.4) is 0 Å². The van der Waals surface area contributed by atoms with Crippen LogP contribution in [0, 0.1) is 5.92 Å². The maximum Gasteiger partial charge on any atom is 0.119 e. The lowest BCUT2D eigenvalue weighted by Crippen LogP contribution is -2.32. The molecule has 1 aromatic heterocycles. The predicted molar refractivity (Wildman–Crippen MR) is 156 cm³/mol. The van der Waals surface area contributed by atoms with Gasteiger partial charge in [0, 0.05) is 42.4 Å². The average molecular weight is 503 g/mol. The van der Waals surface area contributed by atoms with Crippen molar-refractivity contribution in [3.05, 3.63) is 59.8 Å². The van der Waals surface area contributed by atoms with Crippen LogP contribution in [0.1, 0.15) is 68.4 Å². The molecule has 5 rings (SSSR count). The molecule has 2 aliphatic rings. The molecule has 200 valence electrons. The van der Waals surface area contributed by atoms with Gasteiger partial charge < -0.3 is 19.9 Å². The number of hydrogen-bond acceptors (Lipinski definition) is 4. The van der Waals surface area contributed by atoms with Gasteiger partial charge in [0.15, 0.2) is 0 Å². The van der Waals surface area contributed by atoms with Crippen molar-refractivity contribution in [3.63, 3.8) is 0 Å². The van der Waals surface area contributed by atoms with E-state index in [0.717, 1.165) is 57.4 Å². The fraction of sp³-hybridized carbons (Fsp3) is 0.562. The van der Waals surface area contributed by atoms with E-state index in [1.54, 1.807) is 0 Å². The molecule has 5 heteroatoms. The first-order valence-electron chi connectivity index (χ1n) is 14.6. The zero-order valence-electron chi connectivity index (χ0n) is 23.0. The minimum Gasteiger partial charge on any atom is -0.494 e. The van der Waals surface area contributed by atoms with E-state index in [0.29, 0.717) is 5.92 Å². The van der Waals surface area contributed by atoms with E-state index in [4.69, 9.17) is 4.74 Å². The van der Waals surface area contributed by atoms with Crippen LogP contribution >= 0.6 is 0 Å². The van der Waals surface area contributed by atoms with Crippen LogP contribution in [0.15, 0.2) is 48.7 Å². The highest BCUT2D eigenvalue weighted by Gasteiger charge is 2.23. The van der Waals surface area contributed by atoms with Crippen LogP contribution in [0.4, 0.5) is 5.69 Å². The Balaban J connectivity index is 1.11. The summed E-state index contributed by atoms with van der Waals surface area (Å²) in [6.45, 7) is 6.28. The summed E-state index contributed by atoms with van der Waals surface area (Å²) in [7, 11) is 4.20. The number of aromatic nitrogens is 1. The largest absolute Gasteiger partial charge is 0.494 e. The van der Waals surface area contributed by atoms with E-state index in [1.165, 1.54) is 72.7 Å². The van der Waals surface area contributed by atoms with Gasteiger partial charge >= 0.3 is 0 Å². The molecular formula is C32H46N4O. The number of nitrogens with one attached hydrogen (secondary N) is 2. The highest BCUT2D eigenvalue weighted by molar-refractivity contribution is 5.87. The first-order chi connectivity index (χ1) is 18.1. The topological polar surface area (TPSA) is 43.5 Å². The second kappa shape index (κ2) is 12.8. The van der Waals surface area contributed by atoms with Crippen LogP contribution in [0.25, 0.3) is 10.9 Å². The lowest BCUT2D eigenvalue weighted by molar-refractivity contribution is 0.205. The molecule has 2 heterocycles. The summed E-state index contributed by atoms with van der Waals surface area (Å²) >= 11 is 0. The van der Waals surface area contributed by atoms with Crippen LogP contribution < -0.4 is 10.1 Å². The van der Waals surface area contributed by atoms with E-state index >= 15 is 0 Å². The van der Waals surface area contributed by atoms with Gasteiger partial charge in [-0.1, -0.05) is 31.4 Å². The van der Waals surface area contributed by atoms with Crippen molar-refractivity contribution in [3.8, 4) is 5.75 Å². The molecule has 1 aliphatic carbocycles. The second-order valence-corrected chi connectivity index (χ2v) is 11.6. The standard InChI is InChI=1S/C32H46N4O/c1-35(2)17-6-20-37-29-12-9-26(10-13-29)24-36-18-15-27(16-19-36)31-23-34-32-14-11-28(21-30(31)32)33-22-25-7-4-3-5-8-25/h9-14,21,23,25,27,33-34H,3-8,15-20,22,24H2,1-2H3. The molecule has 0 unspecified atom stereocenters. The predicted octanol–water partition coefficient (Wildman–Crippen LogP) is 6.87. The minimum atomic E-state index is 0.636. The molecule has 1 saturated carbocycles.